The van der Waals surface area contributed by atoms with Crippen molar-refractivity contribution in [3.05, 3.63) is 59.4 Å². The van der Waals surface area contributed by atoms with Crippen molar-refractivity contribution in [3.63, 3.8) is 0 Å². The second kappa shape index (κ2) is 10.8. The Morgan fingerprint density at radius 2 is 1.89 bits per heavy atom. The van der Waals surface area contributed by atoms with Crippen LogP contribution in [0.5, 0.6) is 0 Å². The van der Waals surface area contributed by atoms with Crippen LogP contribution in [0.25, 0.3) is 0 Å². The molecule has 3 heteroatoms. The monoisotopic (exact) mass is 382 g/mol. The number of aryl methyl sites for hydroxylation is 1. The van der Waals surface area contributed by atoms with Crippen LogP contribution in [0.3, 0.4) is 0 Å². The third-order valence-electron chi connectivity index (χ3n) is 6.24. The Morgan fingerprint density at radius 1 is 1.11 bits per heavy atom. The van der Waals surface area contributed by atoms with Crippen molar-refractivity contribution in [3.8, 4) is 0 Å². The number of rotatable bonds is 10. The third-order valence-corrected chi connectivity index (χ3v) is 6.24. The van der Waals surface area contributed by atoms with Gasteiger partial charge in [0.25, 0.3) is 0 Å². The minimum atomic E-state index is -0.214. The summed E-state index contributed by atoms with van der Waals surface area (Å²) in [4.78, 5) is 2.51. The van der Waals surface area contributed by atoms with Crippen LogP contribution in [0.4, 0.5) is 0 Å². The summed E-state index contributed by atoms with van der Waals surface area (Å²) in [6.07, 6.45) is 10.8. The first-order chi connectivity index (χ1) is 13.7. The van der Waals surface area contributed by atoms with Gasteiger partial charge < -0.3 is 9.67 Å². The number of aliphatic hydroxyl groups is 1. The second-order valence-electron chi connectivity index (χ2n) is 8.69. The van der Waals surface area contributed by atoms with Gasteiger partial charge in [-0.3, -0.25) is 4.90 Å². The van der Waals surface area contributed by atoms with Gasteiger partial charge in [0.15, 0.2) is 0 Å². The van der Waals surface area contributed by atoms with Gasteiger partial charge in [0.2, 0.25) is 0 Å². The Morgan fingerprint density at radius 3 is 2.64 bits per heavy atom. The van der Waals surface area contributed by atoms with Crippen LogP contribution >= 0.6 is 0 Å². The standard InChI is InChI=1S/C25H38N2O/c1-3-10-25(28)20-26(17-22-12-5-4-6-13-22)19-24-15-9-16-27(24)18-23-14-8-7-11-21(23)2/h7-9,11,14-16,22,25,28H,3-6,10,12-13,17-20H2,1-2H3/t25-/m0/s1. The quantitative estimate of drug-likeness (QED) is 0.597. The molecule has 0 saturated heterocycles. The first-order valence-corrected chi connectivity index (χ1v) is 11.2. The first kappa shape index (κ1) is 21.1. The Bertz CT molecular complexity index is 702. The molecule has 1 N–H and O–H groups in total. The zero-order chi connectivity index (χ0) is 19.8. The number of aromatic nitrogens is 1. The molecule has 0 radical (unpaired) electrons. The molecule has 1 atom stereocenters. The fourth-order valence-electron chi connectivity index (χ4n) is 4.61. The lowest BCUT2D eigenvalue weighted by Crippen LogP contribution is -2.36. The van der Waals surface area contributed by atoms with Gasteiger partial charge in [-0.1, -0.05) is 56.9 Å². The fourth-order valence-corrected chi connectivity index (χ4v) is 4.61. The van der Waals surface area contributed by atoms with E-state index in [9.17, 15) is 5.11 Å². The molecule has 0 bridgehead atoms. The summed E-state index contributed by atoms with van der Waals surface area (Å²) in [6, 6.07) is 13.1. The summed E-state index contributed by atoms with van der Waals surface area (Å²) < 4.78 is 2.38. The van der Waals surface area contributed by atoms with Gasteiger partial charge in [-0.05, 0) is 55.4 Å². The van der Waals surface area contributed by atoms with Crippen molar-refractivity contribution in [1.82, 2.24) is 9.47 Å². The molecule has 1 aromatic carbocycles. The summed E-state index contributed by atoms with van der Waals surface area (Å²) in [6.45, 7) is 8.10. The van der Waals surface area contributed by atoms with E-state index >= 15 is 0 Å². The van der Waals surface area contributed by atoms with Crippen LogP contribution in [-0.2, 0) is 13.1 Å². The highest BCUT2D eigenvalue weighted by molar-refractivity contribution is 5.26. The van der Waals surface area contributed by atoms with Gasteiger partial charge in [0.1, 0.15) is 0 Å². The van der Waals surface area contributed by atoms with Crippen LogP contribution in [0.15, 0.2) is 42.6 Å². The van der Waals surface area contributed by atoms with Crippen molar-refractivity contribution in [2.45, 2.75) is 78.0 Å². The van der Waals surface area contributed by atoms with Crippen molar-refractivity contribution in [2.75, 3.05) is 13.1 Å². The summed E-state index contributed by atoms with van der Waals surface area (Å²) in [5.74, 6) is 0.794. The third kappa shape index (κ3) is 6.22. The van der Waals surface area contributed by atoms with E-state index in [-0.39, 0.29) is 6.10 Å². The fraction of sp³-hybridized carbons (Fsp3) is 0.600. The molecule has 0 amide bonds. The van der Waals surface area contributed by atoms with Gasteiger partial charge in [0.05, 0.1) is 6.10 Å². The van der Waals surface area contributed by atoms with Gasteiger partial charge >= 0.3 is 0 Å². The van der Waals surface area contributed by atoms with Crippen molar-refractivity contribution in [2.24, 2.45) is 5.92 Å². The predicted octanol–water partition coefficient (Wildman–Crippen LogP) is 5.39. The molecule has 2 aromatic rings. The molecule has 1 fully saturated rings. The van der Waals surface area contributed by atoms with E-state index in [1.54, 1.807) is 0 Å². The van der Waals surface area contributed by atoms with Crippen LogP contribution in [0.2, 0.25) is 0 Å². The molecule has 0 spiro atoms. The molecule has 3 rings (SSSR count). The maximum Gasteiger partial charge on any atom is 0.0667 e. The summed E-state index contributed by atoms with van der Waals surface area (Å²) in [7, 11) is 0. The molecule has 1 aliphatic rings. The van der Waals surface area contributed by atoms with E-state index < -0.39 is 0 Å². The largest absolute Gasteiger partial charge is 0.392 e. The smallest absolute Gasteiger partial charge is 0.0667 e. The van der Waals surface area contributed by atoms with Gasteiger partial charge in [-0.25, -0.2) is 0 Å². The number of aliphatic hydroxyl groups excluding tert-OH is 1. The highest BCUT2D eigenvalue weighted by atomic mass is 16.3. The first-order valence-electron chi connectivity index (χ1n) is 11.2. The minimum Gasteiger partial charge on any atom is -0.392 e. The SMILES string of the molecule is CCC[C@H](O)CN(Cc1cccn1Cc1ccccc1C)CC1CCCCC1. The summed E-state index contributed by atoms with van der Waals surface area (Å²) in [5.41, 5.74) is 4.08. The summed E-state index contributed by atoms with van der Waals surface area (Å²) in [5, 5.41) is 10.5. The number of hydrogen-bond acceptors (Lipinski definition) is 2. The van der Waals surface area contributed by atoms with E-state index in [2.05, 4.69) is 65.9 Å². The number of hydrogen-bond donors (Lipinski definition) is 1. The average Bonchev–Trinajstić information content (AvgIpc) is 3.11. The maximum atomic E-state index is 10.5. The molecule has 3 nitrogen and oxygen atoms in total. The molecular formula is C25H38N2O. The Labute approximate surface area is 171 Å². The predicted molar refractivity (Wildman–Crippen MR) is 117 cm³/mol. The maximum absolute atomic E-state index is 10.5. The van der Waals surface area contributed by atoms with E-state index in [4.69, 9.17) is 0 Å². The molecule has 1 aliphatic carbocycles. The Kier molecular flexibility index (Phi) is 8.17. The van der Waals surface area contributed by atoms with E-state index in [1.807, 2.05) is 0 Å². The molecule has 28 heavy (non-hydrogen) atoms. The summed E-state index contributed by atoms with van der Waals surface area (Å²) >= 11 is 0. The van der Waals surface area contributed by atoms with Crippen molar-refractivity contribution >= 4 is 0 Å². The van der Waals surface area contributed by atoms with Crippen LogP contribution in [0, 0.1) is 12.8 Å². The van der Waals surface area contributed by atoms with Gasteiger partial charge in [-0.2, -0.15) is 0 Å². The average molecular weight is 383 g/mol. The number of nitrogens with zero attached hydrogens (tertiary/aromatic N) is 2. The normalized spacial score (nSPS) is 16.6. The van der Waals surface area contributed by atoms with Gasteiger partial charge in [0, 0.05) is 38.1 Å². The zero-order valence-corrected chi connectivity index (χ0v) is 17.8. The minimum absolute atomic E-state index is 0.214. The van der Waals surface area contributed by atoms with Crippen LogP contribution < -0.4 is 0 Å². The van der Waals surface area contributed by atoms with Crippen molar-refractivity contribution < 1.29 is 5.11 Å². The lowest BCUT2D eigenvalue weighted by Gasteiger charge is -2.31. The van der Waals surface area contributed by atoms with E-state index in [1.165, 1.54) is 48.9 Å². The molecule has 0 aliphatic heterocycles. The topological polar surface area (TPSA) is 28.4 Å². The zero-order valence-electron chi connectivity index (χ0n) is 17.8. The molecule has 1 aromatic heterocycles. The highest BCUT2D eigenvalue weighted by Gasteiger charge is 2.20. The lowest BCUT2D eigenvalue weighted by molar-refractivity contribution is 0.0853. The van der Waals surface area contributed by atoms with E-state index in [0.29, 0.717) is 0 Å². The second-order valence-corrected chi connectivity index (χ2v) is 8.69. The molecular weight excluding hydrogens is 344 g/mol. The molecule has 1 saturated carbocycles. The number of benzene rings is 1. The Hall–Kier alpha value is -1.58. The molecule has 1 heterocycles. The van der Waals surface area contributed by atoms with E-state index in [0.717, 1.165) is 44.9 Å². The van der Waals surface area contributed by atoms with Crippen molar-refractivity contribution in [1.29, 1.82) is 0 Å². The molecule has 0 unspecified atom stereocenters. The Balaban J connectivity index is 1.69. The van der Waals surface area contributed by atoms with Crippen LogP contribution in [-0.4, -0.2) is 33.8 Å². The highest BCUT2D eigenvalue weighted by Crippen LogP contribution is 2.25. The molecule has 154 valence electrons. The van der Waals surface area contributed by atoms with Gasteiger partial charge in [-0.15, -0.1) is 0 Å². The van der Waals surface area contributed by atoms with Crippen LogP contribution in [0.1, 0.15) is 68.7 Å². The lowest BCUT2D eigenvalue weighted by atomic mass is 9.89.